The fraction of sp³-hybridized carbons (Fsp3) is 0.588. The van der Waals surface area contributed by atoms with Crippen molar-refractivity contribution in [3.8, 4) is 0 Å². The number of nitrogens with zero attached hydrogens (tertiary/aromatic N) is 1. The lowest BCUT2D eigenvalue weighted by molar-refractivity contribution is 0.404. The molecule has 1 aliphatic heterocycles. The molecule has 1 aromatic rings. The van der Waals surface area contributed by atoms with Crippen LogP contribution in [0.2, 0.25) is 0 Å². The van der Waals surface area contributed by atoms with Gasteiger partial charge in [0.15, 0.2) is 0 Å². The molecule has 0 fully saturated rings. The van der Waals surface area contributed by atoms with Gasteiger partial charge in [-0.05, 0) is 30.0 Å². The Kier molecular flexibility index (Phi) is 5.16. The van der Waals surface area contributed by atoms with Crippen LogP contribution in [0.3, 0.4) is 0 Å². The van der Waals surface area contributed by atoms with Crippen LogP contribution in [-0.2, 0) is 6.54 Å². The van der Waals surface area contributed by atoms with E-state index in [4.69, 9.17) is 5.41 Å². The van der Waals surface area contributed by atoms with Gasteiger partial charge in [-0.3, -0.25) is 5.41 Å². The topological polar surface area (TPSA) is 27.1 Å². The Morgan fingerprint density at radius 1 is 1.20 bits per heavy atom. The average Bonchev–Trinajstić information content (AvgIpc) is 2.70. The minimum Gasteiger partial charge on any atom is -0.352 e. The predicted molar refractivity (Wildman–Crippen MR) is 81.6 cm³/mol. The van der Waals surface area contributed by atoms with E-state index in [0.717, 1.165) is 36.6 Å². The Bertz CT molecular complexity index is 468. The van der Waals surface area contributed by atoms with Crippen molar-refractivity contribution in [2.24, 2.45) is 5.92 Å². The van der Waals surface area contributed by atoms with E-state index >= 15 is 0 Å². The summed E-state index contributed by atoms with van der Waals surface area (Å²) in [5.74, 6) is 1.04. The second-order valence-electron chi connectivity index (χ2n) is 6.17. The molecule has 1 aliphatic rings. The molecule has 0 spiro atoms. The van der Waals surface area contributed by atoms with Gasteiger partial charge in [-0.15, -0.1) is 0 Å². The third kappa shape index (κ3) is 3.81. The third-order valence-corrected chi connectivity index (χ3v) is 3.96. The third-order valence-electron chi connectivity index (χ3n) is 3.96. The van der Waals surface area contributed by atoms with Crippen molar-refractivity contribution >= 4 is 5.84 Å². The zero-order valence-corrected chi connectivity index (χ0v) is 12.6. The quantitative estimate of drug-likeness (QED) is 0.725. The molecule has 0 bridgehead atoms. The maximum absolute atomic E-state index is 13.2. The van der Waals surface area contributed by atoms with Gasteiger partial charge in [0.1, 0.15) is 11.7 Å². The van der Waals surface area contributed by atoms with Crippen molar-refractivity contribution in [1.29, 1.82) is 5.41 Å². The fourth-order valence-corrected chi connectivity index (χ4v) is 2.76. The van der Waals surface area contributed by atoms with Crippen molar-refractivity contribution in [3.63, 3.8) is 0 Å². The van der Waals surface area contributed by atoms with Gasteiger partial charge in [0.25, 0.3) is 0 Å². The van der Waals surface area contributed by atoms with Crippen LogP contribution in [0.4, 0.5) is 4.39 Å². The number of amidine groups is 1. The van der Waals surface area contributed by atoms with Gasteiger partial charge in [0.05, 0.1) is 0 Å². The highest BCUT2D eigenvalue weighted by atomic mass is 19.1. The molecule has 1 aromatic carbocycles. The van der Waals surface area contributed by atoms with E-state index in [-0.39, 0.29) is 5.82 Å². The second-order valence-corrected chi connectivity index (χ2v) is 6.17. The van der Waals surface area contributed by atoms with Gasteiger partial charge < -0.3 is 4.90 Å². The van der Waals surface area contributed by atoms with Crippen molar-refractivity contribution in [1.82, 2.24) is 4.90 Å². The van der Waals surface area contributed by atoms with Gasteiger partial charge in [-0.1, -0.05) is 45.6 Å². The average molecular weight is 276 g/mol. The maximum atomic E-state index is 13.2. The Labute approximate surface area is 121 Å². The van der Waals surface area contributed by atoms with Gasteiger partial charge in [-0.2, -0.15) is 0 Å². The Morgan fingerprint density at radius 3 is 2.70 bits per heavy atom. The molecule has 0 unspecified atom stereocenters. The first-order chi connectivity index (χ1) is 9.58. The van der Waals surface area contributed by atoms with E-state index in [1.54, 1.807) is 0 Å². The van der Waals surface area contributed by atoms with Gasteiger partial charge >= 0.3 is 0 Å². The van der Waals surface area contributed by atoms with Crippen LogP contribution in [0, 0.1) is 17.1 Å². The number of halogens is 1. The normalized spacial score (nSPS) is 14.2. The molecule has 0 aromatic heterocycles. The first-order valence-corrected chi connectivity index (χ1v) is 7.70. The summed E-state index contributed by atoms with van der Waals surface area (Å²) in [6.07, 6.45) is 6.24. The molecule has 2 nitrogen and oxygen atoms in total. The van der Waals surface area contributed by atoms with Crippen molar-refractivity contribution in [2.75, 3.05) is 6.54 Å². The first-order valence-electron chi connectivity index (χ1n) is 7.70. The molecule has 3 heteroatoms. The molecule has 0 atom stereocenters. The van der Waals surface area contributed by atoms with Gasteiger partial charge in [0.2, 0.25) is 0 Å². The largest absolute Gasteiger partial charge is 0.352 e. The Balaban J connectivity index is 1.72. The number of hydrogen-bond donors (Lipinski definition) is 1. The maximum Gasteiger partial charge on any atom is 0.128 e. The van der Waals surface area contributed by atoms with Gasteiger partial charge in [0, 0.05) is 18.7 Å². The zero-order chi connectivity index (χ0) is 14.5. The van der Waals surface area contributed by atoms with Crippen molar-refractivity contribution in [2.45, 2.75) is 52.5 Å². The first kappa shape index (κ1) is 15.0. The van der Waals surface area contributed by atoms with E-state index in [0.29, 0.717) is 5.84 Å². The Morgan fingerprint density at radius 2 is 1.95 bits per heavy atom. The molecule has 0 amide bonds. The summed E-state index contributed by atoms with van der Waals surface area (Å²) in [6.45, 7) is 6.21. The lowest BCUT2D eigenvalue weighted by Crippen LogP contribution is -2.25. The number of benzene rings is 1. The summed E-state index contributed by atoms with van der Waals surface area (Å²) in [5, 5.41) is 8.12. The van der Waals surface area contributed by atoms with E-state index in [9.17, 15) is 4.39 Å². The number of hydrogen-bond acceptors (Lipinski definition) is 1. The zero-order valence-electron chi connectivity index (χ0n) is 12.6. The molecule has 0 saturated heterocycles. The molecule has 1 heterocycles. The SMILES string of the molecule is CC(C)CCCCCCN1Cc2ccc(F)cc2C1=N. The van der Waals surface area contributed by atoms with Crippen LogP contribution in [-0.4, -0.2) is 17.3 Å². The molecular weight excluding hydrogens is 251 g/mol. The molecular formula is C17H25FN2. The van der Waals surface area contributed by atoms with Crippen LogP contribution in [0.1, 0.15) is 57.1 Å². The molecule has 110 valence electrons. The number of nitrogens with one attached hydrogen (secondary N) is 1. The van der Waals surface area contributed by atoms with Crippen molar-refractivity contribution < 1.29 is 4.39 Å². The molecule has 1 N–H and O–H groups in total. The van der Waals surface area contributed by atoms with E-state index in [1.807, 2.05) is 6.07 Å². The Hall–Kier alpha value is -1.38. The summed E-state index contributed by atoms with van der Waals surface area (Å²) in [5.41, 5.74) is 1.85. The number of fused-ring (bicyclic) bond motifs is 1. The van der Waals surface area contributed by atoms with E-state index in [2.05, 4.69) is 18.7 Å². The van der Waals surface area contributed by atoms with Gasteiger partial charge in [-0.25, -0.2) is 4.39 Å². The second kappa shape index (κ2) is 6.87. The predicted octanol–water partition coefficient (Wildman–Crippen LogP) is 4.57. The number of unbranched alkanes of at least 4 members (excludes halogenated alkanes) is 3. The lowest BCUT2D eigenvalue weighted by Gasteiger charge is -2.17. The minimum absolute atomic E-state index is 0.246. The minimum atomic E-state index is -0.246. The van der Waals surface area contributed by atoms with Crippen molar-refractivity contribution in [3.05, 3.63) is 35.1 Å². The lowest BCUT2D eigenvalue weighted by atomic mass is 10.0. The fourth-order valence-electron chi connectivity index (χ4n) is 2.76. The van der Waals surface area contributed by atoms with Crippen LogP contribution in [0.15, 0.2) is 18.2 Å². The van der Waals surface area contributed by atoms with E-state index in [1.165, 1.54) is 37.8 Å². The molecule has 0 radical (unpaired) electrons. The van der Waals surface area contributed by atoms with E-state index < -0.39 is 0 Å². The summed E-state index contributed by atoms with van der Waals surface area (Å²) < 4.78 is 13.2. The summed E-state index contributed by atoms with van der Waals surface area (Å²) in [4.78, 5) is 2.06. The van der Waals surface area contributed by atoms with Crippen LogP contribution < -0.4 is 0 Å². The van der Waals surface area contributed by atoms with Crippen LogP contribution in [0.25, 0.3) is 0 Å². The molecule has 0 saturated carbocycles. The smallest absolute Gasteiger partial charge is 0.128 e. The highest BCUT2D eigenvalue weighted by Crippen LogP contribution is 2.24. The molecule has 0 aliphatic carbocycles. The number of rotatable bonds is 7. The highest BCUT2D eigenvalue weighted by Gasteiger charge is 2.23. The van der Waals surface area contributed by atoms with Crippen LogP contribution in [0.5, 0.6) is 0 Å². The summed E-state index contributed by atoms with van der Waals surface area (Å²) in [6, 6.07) is 4.78. The monoisotopic (exact) mass is 276 g/mol. The molecule has 2 rings (SSSR count). The summed E-state index contributed by atoms with van der Waals surface area (Å²) in [7, 11) is 0. The van der Waals surface area contributed by atoms with Crippen LogP contribution >= 0.6 is 0 Å². The highest BCUT2D eigenvalue weighted by molar-refractivity contribution is 6.00. The standard InChI is InChI=1S/C17H25FN2/c1-13(2)7-5-3-4-6-10-20-12-14-8-9-15(18)11-16(14)17(20)19/h8-9,11,13,19H,3-7,10,12H2,1-2H3. The molecule has 20 heavy (non-hydrogen) atoms. The summed E-state index contributed by atoms with van der Waals surface area (Å²) >= 11 is 0.